The zero-order valence-electron chi connectivity index (χ0n) is 11.2. The first-order chi connectivity index (χ1) is 7.71. The molecule has 0 heterocycles. The van der Waals surface area contributed by atoms with E-state index in [1.807, 2.05) is 34.6 Å². The first kappa shape index (κ1) is 16.2. The number of alkyl halides is 1. The highest BCUT2D eigenvalue weighted by Crippen LogP contribution is 2.13. The first-order valence-electron chi connectivity index (χ1n) is 5.78. The number of amides is 1. The SMILES string of the molecule is CCN(C(=O)OC(C)(C)C)C(C)CC(=O)CCl. The number of carbonyl (C=O) groups excluding carboxylic acids is 2. The van der Waals surface area contributed by atoms with Crippen molar-refractivity contribution in [3.8, 4) is 0 Å². The van der Waals surface area contributed by atoms with Crippen LogP contribution in [0, 0.1) is 0 Å². The number of carbonyl (C=O) groups is 2. The predicted octanol–water partition coefficient (Wildman–Crippen LogP) is 2.83. The molecule has 0 aromatic rings. The van der Waals surface area contributed by atoms with Crippen molar-refractivity contribution in [3.63, 3.8) is 0 Å². The van der Waals surface area contributed by atoms with Gasteiger partial charge in [-0.1, -0.05) is 0 Å². The third-order valence-electron chi connectivity index (χ3n) is 2.17. The number of hydrogen-bond donors (Lipinski definition) is 0. The second-order valence-electron chi connectivity index (χ2n) is 4.99. The number of Topliss-reactive ketones (excluding diaryl/α,β-unsaturated/α-hetero) is 1. The number of hydrogen-bond acceptors (Lipinski definition) is 3. The first-order valence-corrected chi connectivity index (χ1v) is 6.32. The molecule has 5 heteroatoms. The monoisotopic (exact) mass is 263 g/mol. The molecular weight excluding hydrogens is 242 g/mol. The molecule has 0 aromatic heterocycles. The number of rotatable bonds is 5. The van der Waals surface area contributed by atoms with Crippen LogP contribution in [-0.4, -0.2) is 40.8 Å². The molecule has 17 heavy (non-hydrogen) atoms. The molecule has 0 radical (unpaired) electrons. The van der Waals surface area contributed by atoms with Crippen LogP contribution in [0.4, 0.5) is 4.79 Å². The van der Waals surface area contributed by atoms with Crippen molar-refractivity contribution in [2.45, 2.75) is 52.7 Å². The Morgan fingerprint density at radius 1 is 1.35 bits per heavy atom. The zero-order valence-corrected chi connectivity index (χ0v) is 12.0. The molecule has 100 valence electrons. The second kappa shape index (κ2) is 6.84. The molecule has 1 atom stereocenters. The van der Waals surface area contributed by atoms with Gasteiger partial charge in [0.25, 0.3) is 0 Å². The Kier molecular flexibility index (Phi) is 6.53. The average Bonchev–Trinajstić information content (AvgIpc) is 2.15. The highest BCUT2D eigenvalue weighted by molar-refractivity contribution is 6.27. The largest absolute Gasteiger partial charge is 0.444 e. The normalized spacial score (nSPS) is 13.1. The maximum atomic E-state index is 11.9. The molecule has 0 spiro atoms. The minimum atomic E-state index is -0.527. The number of nitrogens with zero attached hydrogens (tertiary/aromatic N) is 1. The van der Waals surface area contributed by atoms with Crippen LogP contribution >= 0.6 is 11.6 Å². The summed E-state index contributed by atoms with van der Waals surface area (Å²) >= 11 is 5.45. The topological polar surface area (TPSA) is 46.6 Å². The summed E-state index contributed by atoms with van der Waals surface area (Å²) in [5.41, 5.74) is -0.527. The minimum Gasteiger partial charge on any atom is -0.444 e. The van der Waals surface area contributed by atoms with Gasteiger partial charge >= 0.3 is 6.09 Å². The summed E-state index contributed by atoms with van der Waals surface area (Å²) in [7, 11) is 0. The van der Waals surface area contributed by atoms with Gasteiger partial charge < -0.3 is 9.64 Å². The van der Waals surface area contributed by atoms with E-state index in [4.69, 9.17) is 16.3 Å². The Labute approximate surface area is 108 Å². The summed E-state index contributed by atoms with van der Waals surface area (Å²) in [5.74, 6) is -0.0860. The second-order valence-corrected chi connectivity index (χ2v) is 5.26. The summed E-state index contributed by atoms with van der Waals surface area (Å²) in [5, 5.41) is 0. The van der Waals surface area contributed by atoms with Crippen LogP contribution in [0.3, 0.4) is 0 Å². The van der Waals surface area contributed by atoms with Gasteiger partial charge in [-0.05, 0) is 34.6 Å². The zero-order chi connectivity index (χ0) is 13.6. The summed E-state index contributed by atoms with van der Waals surface area (Å²) in [4.78, 5) is 24.6. The van der Waals surface area contributed by atoms with Gasteiger partial charge in [0, 0.05) is 19.0 Å². The Bertz CT molecular complexity index is 273. The van der Waals surface area contributed by atoms with E-state index in [1.165, 1.54) is 4.90 Å². The third kappa shape index (κ3) is 6.51. The summed E-state index contributed by atoms with van der Waals surface area (Å²) in [6.45, 7) is 9.61. The number of ketones is 1. The number of halogens is 1. The van der Waals surface area contributed by atoms with Gasteiger partial charge in [-0.2, -0.15) is 0 Å². The Morgan fingerprint density at radius 2 is 1.88 bits per heavy atom. The van der Waals surface area contributed by atoms with Crippen LogP contribution < -0.4 is 0 Å². The molecule has 0 saturated carbocycles. The van der Waals surface area contributed by atoms with Crippen molar-refractivity contribution >= 4 is 23.5 Å². The lowest BCUT2D eigenvalue weighted by molar-refractivity contribution is -0.117. The van der Waals surface area contributed by atoms with E-state index in [0.717, 1.165) is 0 Å². The van der Waals surface area contributed by atoms with Crippen molar-refractivity contribution in [2.24, 2.45) is 0 Å². The Hall–Kier alpha value is -0.770. The molecule has 0 aliphatic rings. The molecule has 0 N–H and O–H groups in total. The van der Waals surface area contributed by atoms with E-state index in [2.05, 4.69) is 0 Å². The molecule has 0 bridgehead atoms. The summed E-state index contributed by atoms with van der Waals surface area (Å²) in [6.07, 6.45) is -0.133. The minimum absolute atomic E-state index is 0.0176. The van der Waals surface area contributed by atoms with Crippen molar-refractivity contribution < 1.29 is 14.3 Å². The van der Waals surface area contributed by atoms with E-state index < -0.39 is 11.7 Å². The van der Waals surface area contributed by atoms with Gasteiger partial charge in [0.15, 0.2) is 0 Å². The maximum absolute atomic E-state index is 11.9. The standard InChI is InChI=1S/C12H22ClNO3/c1-6-14(9(2)7-10(15)8-13)11(16)17-12(3,4)5/h9H,6-8H2,1-5H3. The van der Waals surface area contributed by atoms with Gasteiger partial charge in [-0.3, -0.25) is 4.79 Å². The molecule has 0 aliphatic heterocycles. The molecule has 1 unspecified atom stereocenters. The lowest BCUT2D eigenvalue weighted by Crippen LogP contribution is -2.43. The average molecular weight is 264 g/mol. The fraction of sp³-hybridized carbons (Fsp3) is 0.833. The van der Waals surface area contributed by atoms with Crippen LogP contribution in [0.5, 0.6) is 0 Å². The van der Waals surface area contributed by atoms with E-state index in [9.17, 15) is 9.59 Å². The van der Waals surface area contributed by atoms with Crippen molar-refractivity contribution in [1.82, 2.24) is 4.90 Å². The molecule has 0 rings (SSSR count). The van der Waals surface area contributed by atoms with E-state index in [0.29, 0.717) is 6.54 Å². The van der Waals surface area contributed by atoms with Crippen LogP contribution in [-0.2, 0) is 9.53 Å². The molecule has 0 aromatic carbocycles. The molecular formula is C12H22ClNO3. The highest BCUT2D eigenvalue weighted by atomic mass is 35.5. The molecule has 4 nitrogen and oxygen atoms in total. The highest BCUT2D eigenvalue weighted by Gasteiger charge is 2.25. The van der Waals surface area contributed by atoms with Gasteiger partial charge in [-0.15, -0.1) is 11.6 Å². The van der Waals surface area contributed by atoms with Gasteiger partial charge in [-0.25, -0.2) is 4.79 Å². The summed E-state index contributed by atoms with van der Waals surface area (Å²) < 4.78 is 5.27. The molecule has 0 fully saturated rings. The van der Waals surface area contributed by atoms with E-state index >= 15 is 0 Å². The van der Waals surface area contributed by atoms with Crippen LogP contribution in [0.25, 0.3) is 0 Å². The Morgan fingerprint density at radius 3 is 2.24 bits per heavy atom. The smallest absolute Gasteiger partial charge is 0.410 e. The van der Waals surface area contributed by atoms with Crippen LogP contribution in [0.1, 0.15) is 41.0 Å². The van der Waals surface area contributed by atoms with Crippen molar-refractivity contribution in [1.29, 1.82) is 0 Å². The van der Waals surface area contributed by atoms with Crippen molar-refractivity contribution in [2.75, 3.05) is 12.4 Å². The van der Waals surface area contributed by atoms with Gasteiger partial charge in [0.2, 0.25) is 0 Å². The van der Waals surface area contributed by atoms with Crippen LogP contribution in [0.15, 0.2) is 0 Å². The van der Waals surface area contributed by atoms with Gasteiger partial charge in [0.05, 0.1) is 5.88 Å². The quantitative estimate of drug-likeness (QED) is 0.717. The van der Waals surface area contributed by atoms with E-state index in [1.54, 1.807) is 0 Å². The predicted molar refractivity (Wildman–Crippen MR) is 68.4 cm³/mol. The molecule has 0 saturated heterocycles. The molecule has 1 amide bonds. The summed E-state index contributed by atoms with van der Waals surface area (Å²) in [6, 6.07) is -0.193. The fourth-order valence-corrected chi connectivity index (χ4v) is 1.54. The third-order valence-corrected chi connectivity index (χ3v) is 2.47. The van der Waals surface area contributed by atoms with E-state index in [-0.39, 0.29) is 24.1 Å². The Balaban J connectivity index is 4.50. The van der Waals surface area contributed by atoms with Gasteiger partial charge in [0.1, 0.15) is 11.4 Å². The maximum Gasteiger partial charge on any atom is 0.410 e. The lowest BCUT2D eigenvalue weighted by atomic mass is 10.1. The molecule has 0 aliphatic carbocycles. The lowest BCUT2D eigenvalue weighted by Gasteiger charge is -2.30. The van der Waals surface area contributed by atoms with Crippen molar-refractivity contribution in [3.05, 3.63) is 0 Å². The van der Waals surface area contributed by atoms with Crippen LogP contribution in [0.2, 0.25) is 0 Å². The fourth-order valence-electron chi connectivity index (χ4n) is 1.44. The number of ether oxygens (including phenoxy) is 1.